The molecular formula is C17H22N3O. The van der Waals surface area contributed by atoms with Gasteiger partial charge in [0.2, 0.25) is 5.95 Å². The van der Waals surface area contributed by atoms with Crippen LogP contribution in [0.25, 0.3) is 0 Å². The van der Waals surface area contributed by atoms with Crippen LogP contribution in [0.1, 0.15) is 38.3 Å². The van der Waals surface area contributed by atoms with E-state index in [-0.39, 0.29) is 6.10 Å². The molecule has 2 rings (SSSR count). The van der Waals surface area contributed by atoms with Crippen molar-refractivity contribution in [3.63, 3.8) is 0 Å². The fraction of sp³-hybridized carbons (Fsp3) is 0.412. The SMILES string of the molecule is CCCc1cc(CNc2nc[c]cn2)cc(OC(C)C)c1. The first-order valence-corrected chi connectivity index (χ1v) is 7.39. The standard InChI is InChI=1S/C17H22N3O/c1-4-6-14-9-15(11-16(10-14)21-13(2)3)12-20-17-18-7-5-8-19-17/h7-11,13H,4,6,12H2,1-3H3,(H,18,19,20). The van der Waals surface area contributed by atoms with Crippen LogP contribution in [-0.2, 0) is 13.0 Å². The van der Waals surface area contributed by atoms with Crippen LogP contribution in [0.15, 0.2) is 30.6 Å². The van der Waals surface area contributed by atoms with Gasteiger partial charge < -0.3 is 10.1 Å². The maximum absolute atomic E-state index is 5.83. The summed E-state index contributed by atoms with van der Waals surface area (Å²) in [5, 5.41) is 3.21. The number of anilines is 1. The highest BCUT2D eigenvalue weighted by Gasteiger charge is 2.04. The Bertz CT molecular complexity index is 555. The molecule has 4 nitrogen and oxygen atoms in total. The minimum atomic E-state index is 0.177. The minimum absolute atomic E-state index is 0.177. The predicted molar refractivity (Wildman–Crippen MR) is 84.4 cm³/mol. The fourth-order valence-electron chi connectivity index (χ4n) is 2.14. The Morgan fingerprint density at radius 1 is 1.14 bits per heavy atom. The lowest BCUT2D eigenvalue weighted by molar-refractivity contribution is 0.242. The van der Waals surface area contributed by atoms with Crippen molar-refractivity contribution in [1.82, 2.24) is 9.97 Å². The van der Waals surface area contributed by atoms with E-state index in [2.05, 4.69) is 46.5 Å². The number of hydrogen-bond acceptors (Lipinski definition) is 4. The van der Waals surface area contributed by atoms with Gasteiger partial charge in [0.15, 0.2) is 0 Å². The topological polar surface area (TPSA) is 47.0 Å². The zero-order valence-electron chi connectivity index (χ0n) is 12.9. The average molecular weight is 284 g/mol. The summed E-state index contributed by atoms with van der Waals surface area (Å²) in [6.45, 7) is 6.94. The molecule has 4 heteroatoms. The van der Waals surface area contributed by atoms with E-state index >= 15 is 0 Å². The molecule has 0 bridgehead atoms. The van der Waals surface area contributed by atoms with Crippen LogP contribution in [0.2, 0.25) is 0 Å². The maximum atomic E-state index is 5.83. The average Bonchev–Trinajstić information content (AvgIpc) is 2.46. The summed E-state index contributed by atoms with van der Waals surface area (Å²) in [7, 11) is 0. The molecule has 0 saturated heterocycles. The molecular weight excluding hydrogens is 262 g/mol. The molecule has 1 N–H and O–H groups in total. The molecule has 0 unspecified atom stereocenters. The number of benzene rings is 1. The number of aryl methyl sites for hydroxylation is 1. The van der Waals surface area contributed by atoms with Crippen LogP contribution in [0.5, 0.6) is 5.75 Å². The maximum Gasteiger partial charge on any atom is 0.222 e. The third kappa shape index (κ3) is 5.06. The molecule has 1 aromatic heterocycles. The Hall–Kier alpha value is -2.10. The summed E-state index contributed by atoms with van der Waals surface area (Å²) < 4.78 is 5.83. The van der Waals surface area contributed by atoms with Gasteiger partial charge in [-0.2, -0.15) is 0 Å². The minimum Gasteiger partial charge on any atom is -0.491 e. The van der Waals surface area contributed by atoms with E-state index in [4.69, 9.17) is 4.74 Å². The van der Waals surface area contributed by atoms with Gasteiger partial charge in [0.05, 0.1) is 6.10 Å². The number of rotatable bonds is 7. The molecule has 0 aliphatic heterocycles. The first kappa shape index (κ1) is 15.3. The summed E-state index contributed by atoms with van der Waals surface area (Å²) in [6, 6.07) is 9.21. The van der Waals surface area contributed by atoms with Crippen LogP contribution >= 0.6 is 0 Å². The van der Waals surface area contributed by atoms with Gasteiger partial charge in [-0.25, -0.2) is 9.97 Å². The molecule has 0 aliphatic rings. The number of nitrogens with zero attached hydrogens (tertiary/aromatic N) is 2. The Morgan fingerprint density at radius 2 is 1.86 bits per heavy atom. The van der Waals surface area contributed by atoms with Gasteiger partial charge >= 0.3 is 0 Å². The summed E-state index contributed by atoms with van der Waals surface area (Å²) in [4.78, 5) is 8.23. The van der Waals surface area contributed by atoms with Crippen molar-refractivity contribution in [2.45, 2.75) is 46.3 Å². The van der Waals surface area contributed by atoms with Crippen LogP contribution in [0.4, 0.5) is 5.95 Å². The number of nitrogens with one attached hydrogen (secondary N) is 1. The highest BCUT2D eigenvalue weighted by Crippen LogP contribution is 2.20. The van der Waals surface area contributed by atoms with Crippen molar-refractivity contribution in [1.29, 1.82) is 0 Å². The van der Waals surface area contributed by atoms with E-state index < -0.39 is 0 Å². The molecule has 0 saturated carbocycles. The predicted octanol–water partition coefficient (Wildman–Crippen LogP) is 3.63. The summed E-state index contributed by atoms with van der Waals surface area (Å²) in [5.41, 5.74) is 2.47. The zero-order valence-corrected chi connectivity index (χ0v) is 12.9. The van der Waals surface area contributed by atoms with Gasteiger partial charge in [-0.3, -0.25) is 0 Å². The lowest BCUT2D eigenvalue weighted by atomic mass is 10.1. The summed E-state index contributed by atoms with van der Waals surface area (Å²) in [5.74, 6) is 1.54. The largest absolute Gasteiger partial charge is 0.491 e. The van der Waals surface area contributed by atoms with Crippen LogP contribution in [-0.4, -0.2) is 16.1 Å². The first-order valence-electron chi connectivity index (χ1n) is 7.39. The van der Waals surface area contributed by atoms with Gasteiger partial charge in [0, 0.05) is 25.0 Å². The number of hydrogen-bond donors (Lipinski definition) is 1. The second kappa shape index (κ2) is 7.62. The van der Waals surface area contributed by atoms with E-state index in [1.165, 1.54) is 11.1 Å². The molecule has 1 aromatic carbocycles. The highest BCUT2D eigenvalue weighted by atomic mass is 16.5. The van der Waals surface area contributed by atoms with Crippen molar-refractivity contribution in [3.8, 4) is 5.75 Å². The number of ether oxygens (including phenoxy) is 1. The molecule has 21 heavy (non-hydrogen) atoms. The first-order chi connectivity index (χ1) is 10.2. The molecule has 2 aromatic rings. The summed E-state index contributed by atoms with van der Waals surface area (Å²) >= 11 is 0. The Balaban J connectivity index is 2.11. The highest BCUT2D eigenvalue weighted by molar-refractivity contribution is 5.37. The molecule has 0 atom stereocenters. The zero-order chi connectivity index (χ0) is 15.1. The van der Waals surface area contributed by atoms with Crippen molar-refractivity contribution in [3.05, 3.63) is 47.8 Å². The van der Waals surface area contributed by atoms with E-state index in [9.17, 15) is 0 Å². The fourth-order valence-corrected chi connectivity index (χ4v) is 2.14. The quantitative estimate of drug-likeness (QED) is 0.843. The third-order valence-corrected chi connectivity index (χ3v) is 2.91. The normalized spacial score (nSPS) is 10.7. The van der Waals surface area contributed by atoms with Gasteiger partial charge in [-0.1, -0.05) is 19.4 Å². The van der Waals surface area contributed by atoms with Gasteiger partial charge in [-0.15, -0.1) is 0 Å². The van der Waals surface area contributed by atoms with Crippen molar-refractivity contribution in [2.75, 3.05) is 5.32 Å². The lowest BCUT2D eigenvalue weighted by Gasteiger charge is -2.14. The monoisotopic (exact) mass is 284 g/mol. The van der Waals surface area contributed by atoms with Crippen LogP contribution in [0.3, 0.4) is 0 Å². The van der Waals surface area contributed by atoms with Gasteiger partial charge in [0.1, 0.15) is 5.75 Å². The van der Waals surface area contributed by atoms with Gasteiger partial charge in [0.25, 0.3) is 0 Å². The van der Waals surface area contributed by atoms with Crippen LogP contribution in [0, 0.1) is 6.07 Å². The van der Waals surface area contributed by atoms with Crippen molar-refractivity contribution >= 4 is 5.95 Å². The Labute approximate surface area is 126 Å². The smallest absolute Gasteiger partial charge is 0.222 e. The molecule has 0 fully saturated rings. The van der Waals surface area contributed by atoms with E-state index in [1.807, 2.05) is 13.8 Å². The third-order valence-electron chi connectivity index (χ3n) is 2.91. The van der Waals surface area contributed by atoms with Crippen molar-refractivity contribution < 1.29 is 4.74 Å². The molecule has 0 amide bonds. The van der Waals surface area contributed by atoms with E-state index in [0.717, 1.165) is 18.6 Å². The molecule has 0 aliphatic carbocycles. The Morgan fingerprint density at radius 3 is 2.52 bits per heavy atom. The van der Waals surface area contributed by atoms with E-state index in [0.29, 0.717) is 12.5 Å². The van der Waals surface area contributed by atoms with Gasteiger partial charge in [-0.05, 0) is 43.5 Å². The van der Waals surface area contributed by atoms with Crippen LogP contribution < -0.4 is 10.1 Å². The van der Waals surface area contributed by atoms with E-state index in [1.54, 1.807) is 12.4 Å². The summed E-state index contributed by atoms with van der Waals surface area (Å²) in [6.07, 6.45) is 5.57. The molecule has 111 valence electrons. The van der Waals surface area contributed by atoms with Crippen molar-refractivity contribution in [2.24, 2.45) is 0 Å². The molecule has 0 spiro atoms. The Kier molecular flexibility index (Phi) is 5.55. The lowest BCUT2D eigenvalue weighted by Crippen LogP contribution is -2.08. The molecule has 1 heterocycles. The number of aromatic nitrogens is 2. The molecule has 1 radical (unpaired) electrons. The second-order valence-corrected chi connectivity index (χ2v) is 5.26. The second-order valence-electron chi connectivity index (χ2n) is 5.26.